The summed E-state index contributed by atoms with van der Waals surface area (Å²) in [6.07, 6.45) is 0.766. The second kappa shape index (κ2) is 4.83. The van der Waals surface area contributed by atoms with Crippen molar-refractivity contribution in [2.45, 2.75) is 26.8 Å². The molecule has 1 fully saturated rings. The van der Waals surface area contributed by atoms with Crippen LogP contribution in [0.15, 0.2) is 4.52 Å². The molecule has 1 aliphatic rings. The van der Waals surface area contributed by atoms with Crippen LogP contribution in [0.5, 0.6) is 0 Å². The van der Waals surface area contributed by atoms with E-state index in [-0.39, 0.29) is 11.8 Å². The normalized spacial score (nSPS) is 18.9. The monoisotopic (exact) mass is 239 g/mol. The van der Waals surface area contributed by atoms with Crippen molar-refractivity contribution in [1.29, 1.82) is 0 Å². The zero-order valence-electron chi connectivity index (χ0n) is 10.1. The van der Waals surface area contributed by atoms with E-state index in [0.29, 0.717) is 12.4 Å². The first-order chi connectivity index (χ1) is 8.10. The fourth-order valence-corrected chi connectivity index (χ4v) is 1.95. The van der Waals surface area contributed by atoms with Crippen LogP contribution in [-0.4, -0.2) is 39.2 Å². The third-order valence-corrected chi connectivity index (χ3v) is 3.27. The fourth-order valence-electron chi connectivity index (χ4n) is 1.95. The Morgan fingerprint density at radius 3 is 2.88 bits per heavy atom. The summed E-state index contributed by atoms with van der Waals surface area (Å²) >= 11 is 0. The average molecular weight is 239 g/mol. The predicted octanol–water partition coefficient (Wildman–Crippen LogP) is 0.784. The highest BCUT2D eigenvalue weighted by Crippen LogP contribution is 2.25. The zero-order chi connectivity index (χ0) is 12.4. The molecule has 1 saturated heterocycles. The van der Waals surface area contributed by atoms with E-state index >= 15 is 0 Å². The lowest BCUT2D eigenvalue weighted by Gasteiger charge is -2.40. The third kappa shape index (κ3) is 2.63. The van der Waals surface area contributed by atoms with Crippen LogP contribution in [0.3, 0.4) is 0 Å². The number of aliphatic carboxylic acids is 1. The molecule has 2 rings (SSSR count). The summed E-state index contributed by atoms with van der Waals surface area (Å²) in [6.45, 7) is 5.93. The summed E-state index contributed by atoms with van der Waals surface area (Å²) in [6, 6.07) is 0. The molecule has 0 radical (unpaired) electrons. The van der Waals surface area contributed by atoms with Crippen molar-refractivity contribution in [3.8, 4) is 0 Å². The minimum atomic E-state index is -0.722. The number of aryl methyl sites for hydroxylation is 1. The number of carbonyl (C=O) groups is 1. The summed E-state index contributed by atoms with van der Waals surface area (Å²) in [4.78, 5) is 17.1. The Kier molecular flexibility index (Phi) is 3.42. The van der Waals surface area contributed by atoms with E-state index in [0.717, 1.165) is 25.3 Å². The van der Waals surface area contributed by atoms with Gasteiger partial charge in [0.25, 0.3) is 0 Å². The molecule has 1 N–H and O–H groups in total. The average Bonchev–Trinajstić information content (AvgIpc) is 2.69. The Morgan fingerprint density at radius 2 is 2.35 bits per heavy atom. The molecule has 1 unspecified atom stereocenters. The predicted molar refractivity (Wildman–Crippen MR) is 59.2 cm³/mol. The second-order valence-corrected chi connectivity index (χ2v) is 4.54. The minimum Gasteiger partial charge on any atom is -0.481 e. The maximum Gasteiger partial charge on any atom is 0.306 e. The molecule has 94 valence electrons. The second-order valence-electron chi connectivity index (χ2n) is 4.54. The van der Waals surface area contributed by atoms with Gasteiger partial charge in [-0.05, 0) is 5.92 Å². The number of carboxylic acid groups (broad SMARTS) is 1. The van der Waals surface area contributed by atoms with Gasteiger partial charge in [-0.2, -0.15) is 4.98 Å². The SMILES string of the molecule is CCc1noc(CN2CC(C(C)C(=O)O)C2)n1. The molecule has 1 aromatic rings. The zero-order valence-corrected chi connectivity index (χ0v) is 10.1. The van der Waals surface area contributed by atoms with E-state index in [4.69, 9.17) is 9.63 Å². The van der Waals surface area contributed by atoms with Crippen molar-refractivity contribution in [2.24, 2.45) is 11.8 Å². The Bertz CT molecular complexity index is 398. The van der Waals surface area contributed by atoms with Crippen molar-refractivity contribution in [2.75, 3.05) is 13.1 Å². The molecule has 6 nitrogen and oxygen atoms in total. The van der Waals surface area contributed by atoms with Crippen LogP contribution in [0.2, 0.25) is 0 Å². The van der Waals surface area contributed by atoms with Gasteiger partial charge in [-0.15, -0.1) is 0 Å². The van der Waals surface area contributed by atoms with Gasteiger partial charge in [-0.3, -0.25) is 9.69 Å². The van der Waals surface area contributed by atoms with Gasteiger partial charge in [0.2, 0.25) is 5.89 Å². The van der Waals surface area contributed by atoms with Gasteiger partial charge in [-0.25, -0.2) is 0 Å². The van der Waals surface area contributed by atoms with E-state index in [2.05, 4.69) is 15.0 Å². The first-order valence-electron chi connectivity index (χ1n) is 5.86. The number of hydrogen-bond donors (Lipinski definition) is 1. The first kappa shape index (κ1) is 12.0. The van der Waals surface area contributed by atoms with Crippen LogP contribution in [0.25, 0.3) is 0 Å². The first-order valence-corrected chi connectivity index (χ1v) is 5.86. The Labute approximate surface area is 99.6 Å². The quantitative estimate of drug-likeness (QED) is 0.818. The van der Waals surface area contributed by atoms with Crippen molar-refractivity contribution in [1.82, 2.24) is 15.0 Å². The van der Waals surface area contributed by atoms with Gasteiger partial charge in [0, 0.05) is 19.5 Å². The molecule has 1 aromatic heterocycles. The summed E-state index contributed by atoms with van der Waals surface area (Å²) in [7, 11) is 0. The van der Waals surface area contributed by atoms with Crippen molar-refractivity contribution in [3.63, 3.8) is 0 Å². The summed E-state index contributed by atoms with van der Waals surface area (Å²) in [5.74, 6) is 0.571. The van der Waals surface area contributed by atoms with Crippen LogP contribution in [0.4, 0.5) is 0 Å². The fraction of sp³-hybridized carbons (Fsp3) is 0.727. The van der Waals surface area contributed by atoms with E-state index in [1.54, 1.807) is 6.92 Å². The lowest BCUT2D eigenvalue weighted by Crippen LogP contribution is -2.50. The van der Waals surface area contributed by atoms with E-state index in [9.17, 15) is 4.79 Å². The molecule has 0 amide bonds. The number of rotatable bonds is 5. The number of carboxylic acids is 1. The van der Waals surface area contributed by atoms with Crippen LogP contribution in [0.1, 0.15) is 25.6 Å². The van der Waals surface area contributed by atoms with Gasteiger partial charge in [-0.1, -0.05) is 19.0 Å². The van der Waals surface area contributed by atoms with E-state index < -0.39 is 5.97 Å². The highest BCUT2D eigenvalue weighted by molar-refractivity contribution is 5.70. The smallest absolute Gasteiger partial charge is 0.306 e. The lowest BCUT2D eigenvalue weighted by atomic mass is 9.87. The Hall–Kier alpha value is -1.43. The highest BCUT2D eigenvalue weighted by Gasteiger charge is 2.35. The molecule has 0 spiro atoms. The number of likely N-dealkylation sites (tertiary alicyclic amines) is 1. The molecule has 2 heterocycles. The lowest BCUT2D eigenvalue weighted by molar-refractivity contribution is -0.145. The van der Waals surface area contributed by atoms with Crippen molar-refractivity contribution >= 4 is 5.97 Å². The maximum absolute atomic E-state index is 10.8. The van der Waals surface area contributed by atoms with Crippen molar-refractivity contribution < 1.29 is 14.4 Å². The molecule has 1 atom stereocenters. The summed E-state index contributed by atoms with van der Waals surface area (Å²) in [5, 5.41) is 12.7. The topological polar surface area (TPSA) is 79.5 Å². The molecule has 1 aliphatic heterocycles. The molecule has 0 bridgehead atoms. The molecule has 17 heavy (non-hydrogen) atoms. The standard InChI is InChI=1S/C11H17N3O3/c1-3-9-12-10(17-13-9)6-14-4-8(5-14)7(2)11(15)16/h7-8H,3-6H2,1-2H3,(H,15,16). The number of nitrogens with zero attached hydrogens (tertiary/aromatic N) is 3. The molecule has 0 aliphatic carbocycles. The van der Waals surface area contributed by atoms with Crippen LogP contribution >= 0.6 is 0 Å². The maximum atomic E-state index is 10.8. The third-order valence-electron chi connectivity index (χ3n) is 3.27. The van der Waals surface area contributed by atoms with E-state index in [1.165, 1.54) is 0 Å². The number of aromatic nitrogens is 2. The van der Waals surface area contributed by atoms with Gasteiger partial charge in [0.1, 0.15) is 0 Å². The molecular weight excluding hydrogens is 222 g/mol. The van der Waals surface area contributed by atoms with Gasteiger partial charge < -0.3 is 9.63 Å². The Morgan fingerprint density at radius 1 is 1.65 bits per heavy atom. The van der Waals surface area contributed by atoms with Gasteiger partial charge in [0.15, 0.2) is 5.82 Å². The summed E-state index contributed by atoms with van der Waals surface area (Å²) < 4.78 is 5.09. The molecule has 6 heteroatoms. The molecular formula is C11H17N3O3. The van der Waals surface area contributed by atoms with Crippen LogP contribution < -0.4 is 0 Å². The van der Waals surface area contributed by atoms with Gasteiger partial charge in [0.05, 0.1) is 12.5 Å². The summed E-state index contributed by atoms with van der Waals surface area (Å²) in [5.41, 5.74) is 0. The largest absolute Gasteiger partial charge is 0.481 e. The van der Waals surface area contributed by atoms with Crippen molar-refractivity contribution in [3.05, 3.63) is 11.7 Å². The highest BCUT2D eigenvalue weighted by atomic mass is 16.5. The molecule has 0 saturated carbocycles. The van der Waals surface area contributed by atoms with Crippen LogP contribution in [0, 0.1) is 11.8 Å². The Balaban J connectivity index is 1.79. The number of hydrogen-bond acceptors (Lipinski definition) is 5. The van der Waals surface area contributed by atoms with Gasteiger partial charge >= 0.3 is 5.97 Å². The minimum absolute atomic E-state index is 0.237. The van der Waals surface area contributed by atoms with E-state index in [1.807, 2.05) is 6.92 Å². The molecule has 0 aromatic carbocycles. The van der Waals surface area contributed by atoms with Crippen LogP contribution in [-0.2, 0) is 17.8 Å².